The van der Waals surface area contributed by atoms with Gasteiger partial charge >= 0.3 is 0 Å². The first-order valence-electron chi connectivity index (χ1n) is 7.47. The molecular weight excluding hydrogens is 226 g/mol. The van der Waals surface area contributed by atoms with Crippen molar-refractivity contribution >= 4 is 0 Å². The summed E-state index contributed by atoms with van der Waals surface area (Å²) in [4.78, 5) is 5.31. The van der Waals surface area contributed by atoms with Gasteiger partial charge in [0.15, 0.2) is 0 Å². The van der Waals surface area contributed by atoms with E-state index in [4.69, 9.17) is 10.5 Å². The molecule has 0 aromatic heterocycles. The van der Waals surface area contributed by atoms with Crippen molar-refractivity contribution in [2.24, 2.45) is 5.73 Å². The van der Waals surface area contributed by atoms with E-state index in [1.54, 1.807) is 0 Å². The first-order valence-corrected chi connectivity index (χ1v) is 7.47. The fourth-order valence-electron chi connectivity index (χ4n) is 3.72. The van der Waals surface area contributed by atoms with E-state index in [0.29, 0.717) is 12.1 Å². The molecule has 104 valence electrons. The number of hydrogen-bond donors (Lipinski definition) is 1. The number of ether oxygens (including phenoxy) is 1. The van der Waals surface area contributed by atoms with Gasteiger partial charge in [-0.2, -0.15) is 0 Å². The Hall–Kier alpha value is -0.160. The van der Waals surface area contributed by atoms with E-state index in [1.165, 1.54) is 32.4 Å². The Morgan fingerprint density at radius 1 is 1.33 bits per heavy atom. The fraction of sp³-hybridized carbons (Fsp3) is 1.00. The number of rotatable bonds is 3. The van der Waals surface area contributed by atoms with Crippen LogP contribution >= 0.6 is 0 Å². The van der Waals surface area contributed by atoms with E-state index in [1.807, 2.05) is 0 Å². The fourth-order valence-corrected chi connectivity index (χ4v) is 3.72. The molecule has 4 nitrogen and oxygen atoms in total. The third-order valence-electron chi connectivity index (χ3n) is 5.02. The summed E-state index contributed by atoms with van der Waals surface area (Å²) in [6.45, 7) is 9.54. The smallest absolute Gasteiger partial charge is 0.0675 e. The second-order valence-electron chi connectivity index (χ2n) is 6.53. The maximum Gasteiger partial charge on any atom is 0.0675 e. The third-order valence-corrected chi connectivity index (χ3v) is 5.02. The summed E-state index contributed by atoms with van der Waals surface area (Å²) < 4.78 is 5.76. The summed E-state index contributed by atoms with van der Waals surface area (Å²) in [5, 5.41) is 0. The first kappa shape index (κ1) is 12.9. The molecule has 18 heavy (non-hydrogen) atoms. The van der Waals surface area contributed by atoms with Crippen molar-refractivity contribution in [3.05, 3.63) is 0 Å². The standard InChI is InChI=1S/C14H27N3O/c1-11-8-18-12(2)7-17(11)14(9-15)5-6-16(10-14)13-3-4-13/h11-13H,3-10,15H2,1-2H3. The maximum atomic E-state index is 6.18. The molecule has 4 heteroatoms. The van der Waals surface area contributed by atoms with Crippen LogP contribution in [0.25, 0.3) is 0 Å². The predicted molar refractivity (Wildman–Crippen MR) is 72.6 cm³/mol. The van der Waals surface area contributed by atoms with Gasteiger partial charge < -0.3 is 10.5 Å². The Bertz CT molecular complexity index is 307. The van der Waals surface area contributed by atoms with Gasteiger partial charge in [0.25, 0.3) is 0 Å². The van der Waals surface area contributed by atoms with E-state index < -0.39 is 0 Å². The van der Waals surface area contributed by atoms with E-state index in [9.17, 15) is 0 Å². The highest BCUT2D eigenvalue weighted by molar-refractivity contribution is 5.05. The summed E-state index contributed by atoms with van der Waals surface area (Å²) in [5.74, 6) is 0. The lowest BCUT2D eigenvalue weighted by Crippen LogP contribution is -2.63. The van der Waals surface area contributed by atoms with Gasteiger partial charge in [0, 0.05) is 43.8 Å². The largest absolute Gasteiger partial charge is 0.376 e. The van der Waals surface area contributed by atoms with Crippen LogP contribution in [0.1, 0.15) is 33.1 Å². The van der Waals surface area contributed by atoms with Crippen LogP contribution < -0.4 is 5.73 Å². The molecule has 2 saturated heterocycles. The van der Waals surface area contributed by atoms with Gasteiger partial charge in [-0.3, -0.25) is 9.80 Å². The van der Waals surface area contributed by atoms with Crippen LogP contribution in [0.3, 0.4) is 0 Å². The molecule has 2 heterocycles. The van der Waals surface area contributed by atoms with Gasteiger partial charge in [-0.25, -0.2) is 0 Å². The predicted octanol–water partition coefficient (Wildman–Crippen LogP) is 0.661. The molecule has 1 saturated carbocycles. The van der Waals surface area contributed by atoms with Crippen LogP contribution in [0, 0.1) is 0 Å². The number of likely N-dealkylation sites (tertiary alicyclic amines) is 1. The van der Waals surface area contributed by atoms with Crippen molar-refractivity contribution in [3.63, 3.8) is 0 Å². The summed E-state index contributed by atoms with van der Waals surface area (Å²) >= 11 is 0. The summed E-state index contributed by atoms with van der Waals surface area (Å²) in [6.07, 6.45) is 4.38. The average Bonchev–Trinajstić information content (AvgIpc) is 3.13. The zero-order valence-corrected chi connectivity index (χ0v) is 11.8. The minimum Gasteiger partial charge on any atom is -0.376 e. The van der Waals surface area contributed by atoms with Crippen LogP contribution in [0.4, 0.5) is 0 Å². The zero-order valence-electron chi connectivity index (χ0n) is 11.8. The van der Waals surface area contributed by atoms with Crippen molar-refractivity contribution in [2.75, 3.05) is 32.8 Å². The van der Waals surface area contributed by atoms with Gasteiger partial charge in [0.05, 0.1) is 12.7 Å². The molecule has 2 aliphatic heterocycles. The van der Waals surface area contributed by atoms with Crippen LogP contribution in [-0.2, 0) is 4.74 Å². The summed E-state index contributed by atoms with van der Waals surface area (Å²) in [5.41, 5.74) is 6.39. The molecule has 0 bridgehead atoms. The molecule has 1 aliphatic carbocycles. The lowest BCUT2D eigenvalue weighted by atomic mass is 9.93. The average molecular weight is 253 g/mol. The number of hydrogen-bond acceptors (Lipinski definition) is 4. The maximum absolute atomic E-state index is 6.18. The highest BCUT2D eigenvalue weighted by Gasteiger charge is 2.48. The highest BCUT2D eigenvalue weighted by atomic mass is 16.5. The van der Waals surface area contributed by atoms with Gasteiger partial charge in [-0.05, 0) is 33.1 Å². The van der Waals surface area contributed by atoms with Crippen molar-refractivity contribution < 1.29 is 4.74 Å². The van der Waals surface area contributed by atoms with Crippen molar-refractivity contribution in [1.29, 1.82) is 0 Å². The lowest BCUT2D eigenvalue weighted by molar-refractivity contribution is -0.0899. The van der Waals surface area contributed by atoms with E-state index in [-0.39, 0.29) is 5.54 Å². The number of morpholine rings is 1. The van der Waals surface area contributed by atoms with Crippen LogP contribution in [0.5, 0.6) is 0 Å². The van der Waals surface area contributed by atoms with Gasteiger partial charge in [-0.15, -0.1) is 0 Å². The topological polar surface area (TPSA) is 41.7 Å². The second kappa shape index (κ2) is 4.75. The normalized spacial score (nSPS) is 43.5. The molecule has 3 fully saturated rings. The molecule has 0 amide bonds. The van der Waals surface area contributed by atoms with E-state index in [2.05, 4.69) is 23.6 Å². The van der Waals surface area contributed by atoms with E-state index >= 15 is 0 Å². The van der Waals surface area contributed by atoms with Gasteiger partial charge in [-0.1, -0.05) is 0 Å². The molecule has 0 radical (unpaired) electrons. The zero-order chi connectivity index (χ0) is 12.8. The molecule has 0 spiro atoms. The SMILES string of the molecule is CC1CN(C2(CN)CCN(C3CC3)C2)C(C)CO1. The Labute approximate surface area is 110 Å². The van der Waals surface area contributed by atoms with Crippen LogP contribution in [0.2, 0.25) is 0 Å². The Kier molecular flexibility index (Phi) is 3.39. The van der Waals surface area contributed by atoms with Crippen LogP contribution in [0.15, 0.2) is 0 Å². The van der Waals surface area contributed by atoms with E-state index in [0.717, 1.165) is 25.7 Å². The molecule has 2 N–H and O–H groups in total. The highest BCUT2D eigenvalue weighted by Crippen LogP contribution is 2.37. The number of nitrogens with zero attached hydrogens (tertiary/aromatic N) is 2. The Morgan fingerprint density at radius 2 is 2.11 bits per heavy atom. The van der Waals surface area contributed by atoms with Crippen molar-refractivity contribution in [3.8, 4) is 0 Å². The first-order chi connectivity index (χ1) is 8.64. The summed E-state index contributed by atoms with van der Waals surface area (Å²) in [7, 11) is 0. The quantitative estimate of drug-likeness (QED) is 0.802. The molecule has 0 aromatic rings. The molecule has 0 aromatic carbocycles. The molecule has 3 unspecified atom stereocenters. The second-order valence-corrected chi connectivity index (χ2v) is 6.53. The van der Waals surface area contributed by atoms with Crippen LogP contribution in [-0.4, -0.2) is 66.3 Å². The van der Waals surface area contributed by atoms with Gasteiger partial charge in [0.1, 0.15) is 0 Å². The molecule has 3 atom stereocenters. The molecule has 3 rings (SSSR count). The van der Waals surface area contributed by atoms with Crippen molar-refractivity contribution in [2.45, 2.75) is 56.8 Å². The monoisotopic (exact) mass is 253 g/mol. The summed E-state index contributed by atoms with van der Waals surface area (Å²) in [6, 6.07) is 1.37. The molecular formula is C14H27N3O. The minimum absolute atomic E-state index is 0.208. The minimum atomic E-state index is 0.208. The number of nitrogens with two attached hydrogens (primary N) is 1. The van der Waals surface area contributed by atoms with Crippen molar-refractivity contribution in [1.82, 2.24) is 9.80 Å². The lowest BCUT2D eigenvalue weighted by Gasteiger charge is -2.48. The Balaban J connectivity index is 1.73. The van der Waals surface area contributed by atoms with Gasteiger partial charge in [0.2, 0.25) is 0 Å². The third kappa shape index (κ3) is 2.20. The Morgan fingerprint density at radius 3 is 2.78 bits per heavy atom. The molecule has 3 aliphatic rings.